The normalized spacial score (nSPS) is 24.8. The van der Waals surface area contributed by atoms with Crippen molar-refractivity contribution in [2.45, 2.75) is 51.2 Å². The van der Waals surface area contributed by atoms with Crippen molar-refractivity contribution < 1.29 is 14.6 Å². The van der Waals surface area contributed by atoms with E-state index in [0.717, 1.165) is 29.7 Å². The lowest BCUT2D eigenvalue weighted by Crippen LogP contribution is -2.27. The number of aliphatic hydroxyl groups is 1. The molecule has 0 saturated carbocycles. The Balaban J connectivity index is 2.09. The fourth-order valence-electron chi connectivity index (χ4n) is 3.13. The van der Waals surface area contributed by atoms with Crippen molar-refractivity contribution in [2.75, 3.05) is 11.9 Å². The predicted octanol–water partition coefficient (Wildman–Crippen LogP) is 3.09. The highest BCUT2D eigenvalue weighted by Gasteiger charge is 2.41. The Labute approximate surface area is 129 Å². The highest BCUT2D eigenvalue weighted by Crippen LogP contribution is 2.45. The molecule has 2 unspecified atom stereocenters. The molecule has 2 heterocycles. The summed E-state index contributed by atoms with van der Waals surface area (Å²) >= 11 is 6.42. The number of halogens is 1. The molecule has 4 nitrogen and oxygen atoms in total. The lowest BCUT2D eigenvalue weighted by molar-refractivity contribution is -0.119. The van der Waals surface area contributed by atoms with Crippen LogP contribution in [0.3, 0.4) is 0 Å². The van der Waals surface area contributed by atoms with Crippen LogP contribution >= 0.6 is 11.6 Å². The SMILES string of the molecule is Cc1c(Cl)c(C(O)C2CCCO2)cc2c1NC(=O)C2(C)C. The van der Waals surface area contributed by atoms with Gasteiger partial charge in [-0.05, 0) is 50.8 Å². The maximum Gasteiger partial charge on any atom is 0.234 e. The summed E-state index contributed by atoms with van der Waals surface area (Å²) in [4.78, 5) is 12.1. The van der Waals surface area contributed by atoms with Gasteiger partial charge in [0, 0.05) is 17.9 Å². The van der Waals surface area contributed by atoms with Gasteiger partial charge in [-0.3, -0.25) is 4.79 Å². The number of fused-ring (bicyclic) bond motifs is 1. The van der Waals surface area contributed by atoms with Crippen molar-refractivity contribution in [1.82, 2.24) is 0 Å². The number of nitrogens with one attached hydrogen (secondary N) is 1. The second kappa shape index (κ2) is 4.97. The third-order valence-corrected chi connectivity index (χ3v) is 5.14. The Morgan fingerprint density at radius 3 is 2.86 bits per heavy atom. The molecule has 0 spiro atoms. The van der Waals surface area contributed by atoms with E-state index in [-0.39, 0.29) is 12.0 Å². The zero-order valence-electron chi connectivity index (χ0n) is 12.5. The minimum atomic E-state index is -0.754. The minimum absolute atomic E-state index is 0.0413. The maximum atomic E-state index is 12.1. The molecule has 2 atom stereocenters. The Kier molecular flexibility index (Phi) is 3.51. The third-order valence-electron chi connectivity index (χ3n) is 4.64. The topological polar surface area (TPSA) is 58.6 Å². The van der Waals surface area contributed by atoms with Gasteiger partial charge in [0.25, 0.3) is 0 Å². The Morgan fingerprint density at radius 1 is 1.52 bits per heavy atom. The van der Waals surface area contributed by atoms with Gasteiger partial charge in [-0.25, -0.2) is 0 Å². The van der Waals surface area contributed by atoms with Crippen molar-refractivity contribution >= 4 is 23.2 Å². The van der Waals surface area contributed by atoms with Crippen LogP contribution in [0, 0.1) is 6.92 Å². The van der Waals surface area contributed by atoms with E-state index in [1.54, 1.807) is 0 Å². The van der Waals surface area contributed by atoms with E-state index in [4.69, 9.17) is 16.3 Å². The van der Waals surface area contributed by atoms with Gasteiger partial charge in [-0.1, -0.05) is 11.6 Å². The molecule has 1 fully saturated rings. The molecule has 0 radical (unpaired) electrons. The molecule has 2 aliphatic rings. The molecule has 1 amide bonds. The molecule has 0 bridgehead atoms. The van der Waals surface area contributed by atoms with Crippen LogP contribution in [-0.4, -0.2) is 23.7 Å². The number of ether oxygens (including phenoxy) is 1. The summed E-state index contributed by atoms with van der Waals surface area (Å²) < 4.78 is 5.57. The van der Waals surface area contributed by atoms with Crippen LogP contribution in [0.15, 0.2) is 6.07 Å². The lowest BCUT2D eigenvalue weighted by atomic mass is 9.83. The molecule has 0 aromatic heterocycles. The highest BCUT2D eigenvalue weighted by atomic mass is 35.5. The monoisotopic (exact) mass is 309 g/mol. The number of rotatable bonds is 2. The van der Waals surface area contributed by atoms with Crippen LogP contribution in [-0.2, 0) is 14.9 Å². The van der Waals surface area contributed by atoms with Gasteiger partial charge in [0.2, 0.25) is 5.91 Å². The van der Waals surface area contributed by atoms with Crippen molar-refractivity contribution in [3.05, 3.63) is 27.8 Å². The highest BCUT2D eigenvalue weighted by molar-refractivity contribution is 6.33. The van der Waals surface area contributed by atoms with E-state index in [2.05, 4.69) is 5.32 Å². The standard InChI is InChI=1S/C16H20ClNO3/c1-8-12(17)9(14(19)11-5-4-6-21-11)7-10-13(8)18-15(20)16(10,2)3/h7,11,14,19H,4-6H2,1-3H3,(H,18,20). The molecule has 114 valence electrons. The first-order valence-corrected chi connectivity index (χ1v) is 7.66. The summed E-state index contributed by atoms with van der Waals surface area (Å²) in [5.74, 6) is -0.0413. The average molecular weight is 310 g/mol. The molecule has 1 aromatic rings. The smallest absolute Gasteiger partial charge is 0.234 e. The number of amides is 1. The number of hydrogen-bond acceptors (Lipinski definition) is 3. The summed E-state index contributed by atoms with van der Waals surface area (Å²) in [7, 11) is 0. The lowest BCUT2D eigenvalue weighted by Gasteiger charge is -2.23. The number of carbonyl (C=O) groups is 1. The largest absolute Gasteiger partial charge is 0.386 e. The minimum Gasteiger partial charge on any atom is -0.386 e. The summed E-state index contributed by atoms with van der Waals surface area (Å²) in [6, 6.07) is 1.86. The fourth-order valence-corrected chi connectivity index (χ4v) is 3.39. The van der Waals surface area contributed by atoms with E-state index in [1.165, 1.54) is 0 Å². The quantitative estimate of drug-likeness (QED) is 0.882. The first-order chi connectivity index (χ1) is 9.84. The Bertz CT molecular complexity index is 606. The van der Waals surface area contributed by atoms with Crippen LogP contribution < -0.4 is 5.32 Å². The number of anilines is 1. The number of benzene rings is 1. The number of hydrogen-bond donors (Lipinski definition) is 2. The predicted molar refractivity (Wildman–Crippen MR) is 81.8 cm³/mol. The van der Waals surface area contributed by atoms with Gasteiger partial charge in [0.15, 0.2) is 0 Å². The summed E-state index contributed by atoms with van der Waals surface area (Å²) in [5.41, 5.74) is 2.51. The van der Waals surface area contributed by atoms with Crippen molar-refractivity contribution in [2.24, 2.45) is 0 Å². The molecule has 1 aromatic carbocycles. The van der Waals surface area contributed by atoms with E-state index in [0.29, 0.717) is 17.2 Å². The number of aliphatic hydroxyl groups excluding tert-OH is 1. The van der Waals surface area contributed by atoms with E-state index < -0.39 is 11.5 Å². The van der Waals surface area contributed by atoms with Crippen molar-refractivity contribution in [1.29, 1.82) is 0 Å². The summed E-state index contributed by atoms with van der Waals surface area (Å²) in [6.45, 7) is 6.30. The molecule has 2 aliphatic heterocycles. The van der Waals surface area contributed by atoms with Crippen LogP contribution in [0.5, 0.6) is 0 Å². The van der Waals surface area contributed by atoms with Crippen LogP contribution in [0.2, 0.25) is 5.02 Å². The summed E-state index contributed by atoms with van der Waals surface area (Å²) in [6.07, 6.45) is 0.812. The van der Waals surface area contributed by atoms with Gasteiger partial charge in [-0.15, -0.1) is 0 Å². The molecule has 3 rings (SSSR count). The molecular formula is C16H20ClNO3. The fraction of sp³-hybridized carbons (Fsp3) is 0.562. The van der Waals surface area contributed by atoms with E-state index in [1.807, 2.05) is 26.8 Å². The molecule has 21 heavy (non-hydrogen) atoms. The molecular weight excluding hydrogens is 290 g/mol. The van der Waals surface area contributed by atoms with Crippen LogP contribution in [0.1, 0.15) is 49.5 Å². The van der Waals surface area contributed by atoms with Gasteiger partial charge in [0.1, 0.15) is 6.10 Å². The Hall–Kier alpha value is -1.10. The zero-order chi connectivity index (χ0) is 15.4. The summed E-state index contributed by atoms with van der Waals surface area (Å²) in [5, 5.41) is 14.0. The van der Waals surface area contributed by atoms with Gasteiger partial charge >= 0.3 is 0 Å². The second-order valence-electron chi connectivity index (χ2n) is 6.40. The van der Waals surface area contributed by atoms with Crippen molar-refractivity contribution in [3.8, 4) is 0 Å². The van der Waals surface area contributed by atoms with E-state index >= 15 is 0 Å². The van der Waals surface area contributed by atoms with Gasteiger partial charge < -0.3 is 15.2 Å². The average Bonchev–Trinajstić information content (AvgIpc) is 3.03. The molecule has 2 N–H and O–H groups in total. The van der Waals surface area contributed by atoms with Gasteiger partial charge in [-0.2, -0.15) is 0 Å². The third kappa shape index (κ3) is 2.17. The molecule has 5 heteroatoms. The zero-order valence-corrected chi connectivity index (χ0v) is 13.3. The molecule has 0 aliphatic carbocycles. The molecule has 1 saturated heterocycles. The van der Waals surface area contributed by atoms with E-state index in [9.17, 15) is 9.90 Å². The van der Waals surface area contributed by atoms with Crippen LogP contribution in [0.25, 0.3) is 0 Å². The first kappa shape index (κ1) is 14.8. The second-order valence-corrected chi connectivity index (χ2v) is 6.78. The number of carbonyl (C=O) groups excluding carboxylic acids is 1. The van der Waals surface area contributed by atoms with Crippen molar-refractivity contribution in [3.63, 3.8) is 0 Å². The first-order valence-electron chi connectivity index (χ1n) is 7.28. The Morgan fingerprint density at radius 2 is 2.24 bits per heavy atom. The maximum absolute atomic E-state index is 12.1. The van der Waals surface area contributed by atoms with Gasteiger partial charge in [0.05, 0.1) is 16.5 Å². The van der Waals surface area contributed by atoms with Crippen LogP contribution in [0.4, 0.5) is 5.69 Å².